The SMILES string of the molecule is C.CC.CC.Cc1ccc2c(c1)N(C(C)C)CC2. The van der Waals surface area contributed by atoms with Crippen LogP contribution in [0.5, 0.6) is 0 Å². The van der Waals surface area contributed by atoms with Gasteiger partial charge in [-0.1, -0.05) is 47.3 Å². The van der Waals surface area contributed by atoms with Crippen LogP contribution >= 0.6 is 0 Å². The Kier molecular flexibility index (Phi) is 10.7. The van der Waals surface area contributed by atoms with Gasteiger partial charge in [0.25, 0.3) is 0 Å². The third kappa shape index (κ3) is 4.72. The van der Waals surface area contributed by atoms with Gasteiger partial charge in [-0.25, -0.2) is 0 Å². The summed E-state index contributed by atoms with van der Waals surface area (Å²) >= 11 is 0. The Labute approximate surface area is 115 Å². The molecule has 1 aliphatic rings. The van der Waals surface area contributed by atoms with Crippen LogP contribution in [0.15, 0.2) is 18.2 Å². The van der Waals surface area contributed by atoms with Crippen molar-refractivity contribution in [3.05, 3.63) is 29.3 Å². The summed E-state index contributed by atoms with van der Waals surface area (Å²) in [5.41, 5.74) is 4.33. The molecule has 0 amide bonds. The van der Waals surface area contributed by atoms with E-state index in [1.807, 2.05) is 27.7 Å². The Balaban J connectivity index is 0. The highest BCUT2D eigenvalue weighted by Gasteiger charge is 2.20. The fraction of sp³-hybridized carbons (Fsp3) is 0.647. The Bertz CT molecular complexity index is 315. The van der Waals surface area contributed by atoms with Crippen LogP contribution in [0.1, 0.15) is 60.1 Å². The van der Waals surface area contributed by atoms with Crippen molar-refractivity contribution in [2.45, 2.75) is 68.4 Å². The van der Waals surface area contributed by atoms with Crippen molar-refractivity contribution in [2.75, 3.05) is 11.4 Å². The molecule has 0 fully saturated rings. The summed E-state index contributed by atoms with van der Waals surface area (Å²) in [7, 11) is 0. The average Bonchev–Trinajstić information content (AvgIpc) is 2.77. The maximum atomic E-state index is 2.49. The normalized spacial score (nSPS) is 11.7. The highest BCUT2D eigenvalue weighted by Crippen LogP contribution is 2.30. The molecule has 1 aromatic carbocycles. The highest BCUT2D eigenvalue weighted by molar-refractivity contribution is 5.59. The molecule has 1 aliphatic heterocycles. The van der Waals surface area contributed by atoms with E-state index < -0.39 is 0 Å². The number of hydrogen-bond acceptors (Lipinski definition) is 1. The van der Waals surface area contributed by atoms with Gasteiger partial charge in [0.2, 0.25) is 0 Å². The molecule has 18 heavy (non-hydrogen) atoms. The molecule has 1 heterocycles. The Morgan fingerprint density at radius 2 is 1.61 bits per heavy atom. The van der Waals surface area contributed by atoms with Crippen molar-refractivity contribution in [1.82, 2.24) is 0 Å². The first kappa shape index (κ1) is 19.4. The van der Waals surface area contributed by atoms with Crippen molar-refractivity contribution in [2.24, 2.45) is 0 Å². The Morgan fingerprint density at radius 1 is 1.06 bits per heavy atom. The lowest BCUT2D eigenvalue weighted by Gasteiger charge is -2.24. The lowest BCUT2D eigenvalue weighted by Crippen LogP contribution is -2.28. The van der Waals surface area contributed by atoms with Gasteiger partial charge < -0.3 is 4.90 Å². The van der Waals surface area contributed by atoms with Gasteiger partial charge >= 0.3 is 0 Å². The minimum atomic E-state index is 0. The molecule has 0 saturated carbocycles. The van der Waals surface area contributed by atoms with E-state index in [-0.39, 0.29) is 7.43 Å². The fourth-order valence-electron chi connectivity index (χ4n) is 2.05. The van der Waals surface area contributed by atoms with Crippen LogP contribution in [0.3, 0.4) is 0 Å². The molecule has 0 radical (unpaired) electrons. The van der Waals surface area contributed by atoms with Gasteiger partial charge in [-0.05, 0) is 44.4 Å². The molecule has 106 valence electrons. The van der Waals surface area contributed by atoms with Crippen molar-refractivity contribution in [1.29, 1.82) is 0 Å². The molecule has 1 heteroatoms. The lowest BCUT2D eigenvalue weighted by atomic mass is 10.1. The third-order valence-electron chi connectivity index (χ3n) is 2.80. The highest BCUT2D eigenvalue weighted by atomic mass is 15.2. The van der Waals surface area contributed by atoms with Crippen LogP contribution in [0.4, 0.5) is 5.69 Å². The van der Waals surface area contributed by atoms with Crippen LogP contribution < -0.4 is 4.90 Å². The summed E-state index contributed by atoms with van der Waals surface area (Å²) in [6, 6.07) is 7.42. The van der Waals surface area contributed by atoms with E-state index in [1.165, 1.54) is 29.8 Å². The van der Waals surface area contributed by atoms with Crippen molar-refractivity contribution >= 4 is 5.69 Å². The van der Waals surface area contributed by atoms with Gasteiger partial charge in [-0.15, -0.1) is 0 Å². The smallest absolute Gasteiger partial charge is 0.0404 e. The molecular formula is C17H33N. The Hall–Kier alpha value is -0.980. The van der Waals surface area contributed by atoms with Gasteiger partial charge in [0.05, 0.1) is 0 Å². The molecule has 0 spiro atoms. The van der Waals surface area contributed by atoms with E-state index in [0.717, 1.165) is 0 Å². The third-order valence-corrected chi connectivity index (χ3v) is 2.80. The number of rotatable bonds is 1. The van der Waals surface area contributed by atoms with E-state index in [2.05, 4.69) is 43.9 Å². The fourth-order valence-corrected chi connectivity index (χ4v) is 2.05. The van der Waals surface area contributed by atoms with Crippen molar-refractivity contribution in [3.63, 3.8) is 0 Å². The number of nitrogens with zero attached hydrogens (tertiary/aromatic N) is 1. The summed E-state index contributed by atoms with van der Waals surface area (Å²) in [6.45, 7) is 15.9. The van der Waals surface area contributed by atoms with Gasteiger partial charge in [0.15, 0.2) is 0 Å². The first-order valence-corrected chi connectivity index (χ1v) is 7.04. The number of aryl methyl sites for hydroxylation is 1. The zero-order valence-electron chi connectivity index (χ0n) is 12.7. The van der Waals surface area contributed by atoms with Crippen LogP contribution in [0, 0.1) is 6.92 Å². The predicted octanol–water partition coefficient (Wildman–Crippen LogP) is 5.45. The topological polar surface area (TPSA) is 3.24 Å². The summed E-state index contributed by atoms with van der Waals surface area (Å²) in [5, 5.41) is 0. The summed E-state index contributed by atoms with van der Waals surface area (Å²) in [4.78, 5) is 2.49. The standard InChI is InChI=1S/C12H17N.2C2H6.CH4/c1-9(2)13-7-6-11-5-4-10(3)8-12(11)13;2*1-2;/h4-5,8-9H,6-7H2,1-3H3;2*1-2H3;1H4. The number of benzene rings is 1. The number of hydrogen-bond donors (Lipinski definition) is 0. The molecule has 1 nitrogen and oxygen atoms in total. The van der Waals surface area contributed by atoms with E-state index in [0.29, 0.717) is 6.04 Å². The van der Waals surface area contributed by atoms with Gasteiger partial charge in [0.1, 0.15) is 0 Å². The minimum absolute atomic E-state index is 0. The molecular weight excluding hydrogens is 218 g/mol. The lowest BCUT2D eigenvalue weighted by molar-refractivity contribution is 0.710. The monoisotopic (exact) mass is 251 g/mol. The van der Waals surface area contributed by atoms with Crippen molar-refractivity contribution < 1.29 is 0 Å². The molecule has 0 unspecified atom stereocenters. The first-order chi connectivity index (χ1) is 8.18. The Morgan fingerprint density at radius 3 is 2.11 bits per heavy atom. The molecule has 0 atom stereocenters. The zero-order chi connectivity index (χ0) is 13.4. The van der Waals surface area contributed by atoms with Gasteiger partial charge in [0, 0.05) is 18.3 Å². The van der Waals surface area contributed by atoms with E-state index >= 15 is 0 Å². The largest absolute Gasteiger partial charge is 0.369 e. The molecule has 0 saturated heterocycles. The summed E-state index contributed by atoms with van der Waals surface area (Å²) < 4.78 is 0. The predicted molar refractivity (Wildman–Crippen MR) is 86.8 cm³/mol. The van der Waals surface area contributed by atoms with E-state index in [9.17, 15) is 0 Å². The van der Waals surface area contributed by atoms with E-state index in [4.69, 9.17) is 0 Å². The molecule has 1 aromatic rings. The number of fused-ring (bicyclic) bond motifs is 1. The summed E-state index contributed by atoms with van der Waals surface area (Å²) in [6.07, 6.45) is 1.22. The maximum Gasteiger partial charge on any atom is 0.0404 e. The summed E-state index contributed by atoms with van der Waals surface area (Å²) in [5.74, 6) is 0. The van der Waals surface area contributed by atoms with E-state index in [1.54, 1.807) is 0 Å². The maximum absolute atomic E-state index is 2.49. The molecule has 0 aliphatic carbocycles. The molecule has 0 aromatic heterocycles. The quantitative estimate of drug-likeness (QED) is 0.641. The first-order valence-electron chi connectivity index (χ1n) is 7.04. The van der Waals surface area contributed by atoms with Gasteiger partial charge in [-0.3, -0.25) is 0 Å². The number of anilines is 1. The minimum Gasteiger partial charge on any atom is -0.369 e. The molecule has 0 bridgehead atoms. The van der Waals surface area contributed by atoms with Crippen LogP contribution in [0.2, 0.25) is 0 Å². The van der Waals surface area contributed by atoms with Crippen LogP contribution in [-0.2, 0) is 6.42 Å². The second-order valence-electron chi connectivity index (χ2n) is 4.17. The zero-order valence-corrected chi connectivity index (χ0v) is 12.7. The average molecular weight is 251 g/mol. The van der Waals surface area contributed by atoms with Crippen molar-refractivity contribution in [3.8, 4) is 0 Å². The van der Waals surface area contributed by atoms with Crippen LogP contribution in [-0.4, -0.2) is 12.6 Å². The second kappa shape index (κ2) is 9.99. The molecule has 0 N–H and O–H groups in total. The van der Waals surface area contributed by atoms with Gasteiger partial charge in [-0.2, -0.15) is 0 Å². The second-order valence-corrected chi connectivity index (χ2v) is 4.17. The molecule has 2 rings (SSSR count). The van der Waals surface area contributed by atoms with Crippen LogP contribution in [0.25, 0.3) is 0 Å².